The molecule has 0 atom stereocenters. The molecule has 2 heteroatoms. The summed E-state index contributed by atoms with van der Waals surface area (Å²) in [7, 11) is 0. The molecule has 2 aliphatic rings. The summed E-state index contributed by atoms with van der Waals surface area (Å²) in [5.41, 5.74) is 2.76. The number of benzene rings is 1. The van der Waals surface area contributed by atoms with Crippen LogP contribution in [-0.4, -0.2) is 13.2 Å². The number of fused-ring (bicyclic) bond motifs is 2. The maximum atomic E-state index is 6.05. The van der Waals surface area contributed by atoms with Crippen LogP contribution in [0.4, 0.5) is 0 Å². The summed E-state index contributed by atoms with van der Waals surface area (Å²) in [5.74, 6) is -0.438. The lowest BCUT2D eigenvalue weighted by atomic mass is 9.94. The third-order valence-corrected chi connectivity index (χ3v) is 3.54. The van der Waals surface area contributed by atoms with Crippen LogP contribution in [0.5, 0.6) is 0 Å². The first-order valence-corrected chi connectivity index (χ1v) is 5.98. The molecule has 0 amide bonds. The summed E-state index contributed by atoms with van der Waals surface area (Å²) in [6.45, 7) is 5.92. The molecule has 0 aromatic heterocycles. The maximum Gasteiger partial charge on any atom is 0.195 e. The summed E-state index contributed by atoms with van der Waals surface area (Å²) >= 11 is 0. The van der Waals surface area contributed by atoms with Crippen LogP contribution in [0.25, 0.3) is 0 Å². The quantitative estimate of drug-likeness (QED) is 0.666. The Morgan fingerprint density at radius 2 is 1.75 bits per heavy atom. The van der Waals surface area contributed by atoms with Gasteiger partial charge in [-0.3, -0.25) is 0 Å². The van der Waals surface area contributed by atoms with E-state index < -0.39 is 5.79 Å². The Morgan fingerprint density at radius 1 is 1.06 bits per heavy atom. The fourth-order valence-corrected chi connectivity index (χ4v) is 2.55. The Kier molecular flexibility index (Phi) is 2.13. The van der Waals surface area contributed by atoms with Crippen molar-refractivity contribution in [3.05, 3.63) is 35.4 Å². The molecule has 1 aliphatic heterocycles. The van der Waals surface area contributed by atoms with E-state index in [-0.39, 0.29) is 5.41 Å². The Bertz CT molecular complexity index is 399. The molecular weight excluding hydrogens is 200 g/mol. The Hall–Kier alpha value is -0.860. The van der Waals surface area contributed by atoms with Gasteiger partial charge in [-0.25, -0.2) is 0 Å². The number of hydrogen-bond acceptors (Lipinski definition) is 2. The number of rotatable bonds is 0. The lowest BCUT2D eigenvalue weighted by Gasteiger charge is -2.41. The summed E-state index contributed by atoms with van der Waals surface area (Å²) in [6.07, 6.45) is 2.03. The van der Waals surface area contributed by atoms with Crippen LogP contribution < -0.4 is 0 Å². The lowest BCUT2D eigenvalue weighted by molar-refractivity contribution is -0.306. The standard InChI is InChI=1S/C14H18O2/c1-13(2)9-15-14(16-10-13)8-7-11-5-3-4-6-12(11)14/h3-6H,7-10H2,1-2H3. The van der Waals surface area contributed by atoms with Crippen LogP contribution in [-0.2, 0) is 21.7 Å². The van der Waals surface area contributed by atoms with Gasteiger partial charge < -0.3 is 9.47 Å². The van der Waals surface area contributed by atoms with Gasteiger partial charge in [-0.05, 0) is 12.0 Å². The summed E-state index contributed by atoms with van der Waals surface area (Å²) in [4.78, 5) is 0. The predicted octanol–water partition coefficient (Wildman–Crippen LogP) is 2.86. The van der Waals surface area contributed by atoms with Crippen LogP contribution in [0.15, 0.2) is 24.3 Å². The van der Waals surface area contributed by atoms with E-state index in [4.69, 9.17) is 9.47 Å². The second kappa shape index (κ2) is 3.31. The van der Waals surface area contributed by atoms with E-state index >= 15 is 0 Å². The molecular formula is C14H18O2. The highest BCUT2D eigenvalue weighted by atomic mass is 16.7. The molecule has 1 heterocycles. The zero-order chi connectivity index (χ0) is 11.2. The number of aryl methyl sites for hydroxylation is 1. The highest BCUT2D eigenvalue weighted by molar-refractivity contribution is 5.35. The van der Waals surface area contributed by atoms with Gasteiger partial charge >= 0.3 is 0 Å². The largest absolute Gasteiger partial charge is 0.345 e. The molecule has 1 saturated heterocycles. The van der Waals surface area contributed by atoms with Gasteiger partial charge in [0.15, 0.2) is 5.79 Å². The van der Waals surface area contributed by atoms with Gasteiger partial charge in [0.2, 0.25) is 0 Å². The first kappa shape index (κ1) is 10.3. The van der Waals surface area contributed by atoms with E-state index in [9.17, 15) is 0 Å². The third-order valence-electron chi connectivity index (χ3n) is 3.54. The molecule has 2 nitrogen and oxygen atoms in total. The van der Waals surface area contributed by atoms with Crippen molar-refractivity contribution in [1.82, 2.24) is 0 Å². The fraction of sp³-hybridized carbons (Fsp3) is 0.571. The minimum atomic E-state index is -0.438. The Morgan fingerprint density at radius 3 is 2.50 bits per heavy atom. The minimum absolute atomic E-state index is 0.142. The molecule has 3 rings (SSSR count). The molecule has 86 valence electrons. The van der Waals surface area contributed by atoms with E-state index in [0.29, 0.717) is 0 Å². The van der Waals surface area contributed by atoms with Crippen molar-refractivity contribution < 1.29 is 9.47 Å². The molecule has 0 radical (unpaired) electrons. The van der Waals surface area contributed by atoms with Gasteiger partial charge in [0, 0.05) is 17.4 Å². The van der Waals surface area contributed by atoms with E-state index in [1.165, 1.54) is 11.1 Å². The van der Waals surface area contributed by atoms with E-state index in [2.05, 4.69) is 38.1 Å². The SMILES string of the molecule is CC1(C)COC2(CCc3ccccc32)OC1. The van der Waals surface area contributed by atoms with Gasteiger partial charge in [-0.15, -0.1) is 0 Å². The van der Waals surface area contributed by atoms with Crippen molar-refractivity contribution in [1.29, 1.82) is 0 Å². The summed E-state index contributed by atoms with van der Waals surface area (Å²) in [6, 6.07) is 8.47. The van der Waals surface area contributed by atoms with Crippen LogP contribution in [0.2, 0.25) is 0 Å². The third kappa shape index (κ3) is 1.48. The molecule has 1 aromatic rings. The van der Waals surface area contributed by atoms with Gasteiger partial charge in [-0.1, -0.05) is 38.1 Å². The van der Waals surface area contributed by atoms with Gasteiger partial charge in [-0.2, -0.15) is 0 Å². The first-order chi connectivity index (χ1) is 7.61. The molecule has 1 aromatic carbocycles. The zero-order valence-electron chi connectivity index (χ0n) is 9.95. The number of hydrogen-bond donors (Lipinski definition) is 0. The molecule has 16 heavy (non-hydrogen) atoms. The summed E-state index contributed by atoms with van der Waals surface area (Å²) < 4.78 is 12.1. The smallest absolute Gasteiger partial charge is 0.195 e. The average Bonchev–Trinajstić information content (AvgIpc) is 2.64. The molecule has 0 N–H and O–H groups in total. The molecule has 1 aliphatic carbocycles. The second-order valence-corrected chi connectivity index (χ2v) is 5.65. The molecule has 1 fully saturated rings. The van der Waals surface area contributed by atoms with E-state index in [1.807, 2.05) is 0 Å². The fourth-order valence-electron chi connectivity index (χ4n) is 2.55. The first-order valence-electron chi connectivity index (χ1n) is 5.98. The van der Waals surface area contributed by atoms with Crippen LogP contribution in [0, 0.1) is 5.41 Å². The van der Waals surface area contributed by atoms with Gasteiger partial charge in [0.1, 0.15) is 0 Å². The molecule has 0 saturated carbocycles. The zero-order valence-corrected chi connectivity index (χ0v) is 9.95. The van der Waals surface area contributed by atoms with Crippen LogP contribution in [0.3, 0.4) is 0 Å². The highest BCUT2D eigenvalue weighted by Gasteiger charge is 2.45. The molecule has 1 spiro atoms. The lowest BCUT2D eigenvalue weighted by Crippen LogP contribution is -2.44. The normalized spacial score (nSPS) is 25.6. The van der Waals surface area contributed by atoms with Gasteiger partial charge in [0.25, 0.3) is 0 Å². The average molecular weight is 218 g/mol. The molecule has 0 bridgehead atoms. The van der Waals surface area contributed by atoms with Crippen LogP contribution in [0.1, 0.15) is 31.4 Å². The van der Waals surface area contributed by atoms with Gasteiger partial charge in [0.05, 0.1) is 13.2 Å². The van der Waals surface area contributed by atoms with Crippen molar-refractivity contribution in [2.75, 3.05) is 13.2 Å². The highest BCUT2D eigenvalue weighted by Crippen LogP contribution is 2.45. The van der Waals surface area contributed by atoms with E-state index in [0.717, 1.165) is 26.1 Å². The predicted molar refractivity (Wildman–Crippen MR) is 62.1 cm³/mol. The van der Waals surface area contributed by atoms with Crippen molar-refractivity contribution in [2.45, 2.75) is 32.5 Å². The second-order valence-electron chi connectivity index (χ2n) is 5.65. The van der Waals surface area contributed by atoms with Crippen molar-refractivity contribution >= 4 is 0 Å². The van der Waals surface area contributed by atoms with Crippen LogP contribution >= 0.6 is 0 Å². The molecule has 0 unspecified atom stereocenters. The minimum Gasteiger partial charge on any atom is -0.345 e. The summed E-state index contributed by atoms with van der Waals surface area (Å²) in [5, 5.41) is 0. The van der Waals surface area contributed by atoms with Crippen molar-refractivity contribution in [2.24, 2.45) is 5.41 Å². The topological polar surface area (TPSA) is 18.5 Å². The Balaban J connectivity index is 1.92. The van der Waals surface area contributed by atoms with Crippen molar-refractivity contribution in [3.8, 4) is 0 Å². The maximum absolute atomic E-state index is 6.05. The monoisotopic (exact) mass is 218 g/mol. The number of ether oxygens (including phenoxy) is 2. The van der Waals surface area contributed by atoms with E-state index in [1.54, 1.807) is 0 Å². The Labute approximate surface area is 96.6 Å². The van der Waals surface area contributed by atoms with Crippen molar-refractivity contribution in [3.63, 3.8) is 0 Å².